The number of nitrogens with zero attached hydrogens (tertiary/aromatic N) is 2. The minimum atomic E-state index is -0.0391. The molecule has 0 saturated carbocycles. The molecule has 5 nitrogen and oxygen atoms in total. The van der Waals surface area contributed by atoms with E-state index in [1.165, 1.54) is 5.56 Å². The Balaban J connectivity index is 1.62. The second kappa shape index (κ2) is 6.30. The van der Waals surface area contributed by atoms with Crippen LogP contribution in [0, 0.1) is 0 Å². The van der Waals surface area contributed by atoms with Crippen LogP contribution < -0.4 is 16.0 Å². The first kappa shape index (κ1) is 14.1. The highest BCUT2D eigenvalue weighted by molar-refractivity contribution is 5.99. The zero-order chi connectivity index (χ0) is 15.4. The molecule has 0 atom stereocenters. The normalized spacial score (nSPS) is 13.8. The number of fused-ring (bicyclic) bond motifs is 1. The van der Waals surface area contributed by atoms with Crippen molar-refractivity contribution in [1.29, 1.82) is 0 Å². The van der Waals surface area contributed by atoms with Gasteiger partial charge in [-0.25, -0.2) is 4.99 Å². The Morgan fingerprint density at radius 1 is 1.14 bits per heavy atom. The van der Waals surface area contributed by atoms with E-state index in [1.807, 2.05) is 48.5 Å². The van der Waals surface area contributed by atoms with E-state index in [1.54, 1.807) is 4.90 Å². The number of rotatable bonds is 3. The highest BCUT2D eigenvalue weighted by Crippen LogP contribution is 2.27. The summed E-state index contributed by atoms with van der Waals surface area (Å²) in [5.41, 5.74) is 8.85. The van der Waals surface area contributed by atoms with Gasteiger partial charge in [0.25, 0.3) is 0 Å². The third kappa shape index (κ3) is 3.09. The van der Waals surface area contributed by atoms with Crippen molar-refractivity contribution in [2.45, 2.75) is 6.42 Å². The summed E-state index contributed by atoms with van der Waals surface area (Å²) < 4.78 is 0. The van der Waals surface area contributed by atoms with Crippen molar-refractivity contribution in [3.05, 3.63) is 60.2 Å². The SMILES string of the molecule is NC(=NCC(=O)N1CCc2ccccc21)Nc1ccccc1. The number of carbonyl (C=O) groups is 1. The first-order chi connectivity index (χ1) is 10.7. The van der Waals surface area contributed by atoms with Crippen LogP contribution in [0.2, 0.25) is 0 Å². The summed E-state index contributed by atoms with van der Waals surface area (Å²) in [5, 5.41) is 2.96. The van der Waals surface area contributed by atoms with E-state index in [2.05, 4.69) is 16.4 Å². The highest BCUT2D eigenvalue weighted by Gasteiger charge is 2.23. The molecule has 1 aliphatic heterocycles. The van der Waals surface area contributed by atoms with Gasteiger partial charge in [-0.05, 0) is 30.2 Å². The van der Waals surface area contributed by atoms with Gasteiger partial charge in [0.2, 0.25) is 5.91 Å². The second-order valence-electron chi connectivity index (χ2n) is 5.12. The van der Waals surface area contributed by atoms with Crippen molar-refractivity contribution in [1.82, 2.24) is 0 Å². The van der Waals surface area contributed by atoms with Crippen LogP contribution in [-0.2, 0) is 11.2 Å². The van der Waals surface area contributed by atoms with Crippen LogP contribution in [0.5, 0.6) is 0 Å². The van der Waals surface area contributed by atoms with Crippen molar-refractivity contribution in [2.75, 3.05) is 23.3 Å². The summed E-state index contributed by atoms with van der Waals surface area (Å²) >= 11 is 0. The molecular weight excluding hydrogens is 276 g/mol. The minimum absolute atomic E-state index is 0.0391. The zero-order valence-electron chi connectivity index (χ0n) is 12.2. The van der Waals surface area contributed by atoms with Gasteiger partial charge in [0.1, 0.15) is 6.54 Å². The van der Waals surface area contributed by atoms with Gasteiger partial charge in [-0.1, -0.05) is 36.4 Å². The van der Waals surface area contributed by atoms with Crippen LogP contribution in [0.1, 0.15) is 5.56 Å². The van der Waals surface area contributed by atoms with E-state index in [4.69, 9.17) is 5.73 Å². The van der Waals surface area contributed by atoms with Crippen LogP contribution in [0.15, 0.2) is 59.6 Å². The van der Waals surface area contributed by atoms with Crippen LogP contribution in [0.25, 0.3) is 0 Å². The van der Waals surface area contributed by atoms with Crippen molar-refractivity contribution < 1.29 is 4.79 Å². The number of anilines is 2. The van der Waals surface area contributed by atoms with E-state index in [0.29, 0.717) is 6.54 Å². The van der Waals surface area contributed by atoms with Crippen LogP contribution in [0.3, 0.4) is 0 Å². The Bertz CT molecular complexity index is 697. The van der Waals surface area contributed by atoms with Crippen molar-refractivity contribution >= 4 is 23.2 Å². The van der Waals surface area contributed by atoms with Crippen LogP contribution >= 0.6 is 0 Å². The Hall–Kier alpha value is -2.82. The first-order valence-electron chi connectivity index (χ1n) is 7.24. The molecule has 22 heavy (non-hydrogen) atoms. The van der Waals surface area contributed by atoms with Gasteiger partial charge >= 0.3 is 0 Å². The number of hydrogen-bond donors (Lipinski definition) is 2. The van der Waals surface area contributed by atoms with Crippen molar-refractivity contribution in [2.24, 2.45) is 10.7 Å². The fourth-order valence-electron chi connectivity index (χ4n) is 2.54. The molecule has 5 heteroatoms. The number of amides is 1. The van der Waals surface area contributed by atoms with E-state index in [9.17, 15) is 4.79 Å². The maximum atomic E-state index is 12.3. The molecule has 1 aliphatic rings. The molecule has 0 unspecified atom stereocenters. The average molecular weight is 294 g/mol. The Labute approximate surface area is 129 Å². The summed E-state index contributed by atoms with van der Waals surface area (Å²) in [6.45, 7) is 0.750. The third-order valence-electron chi connectivity index (χ3n) is 3.62. The number of aliphatic imine (C=N–C) groups is 1. The van der Waals surface area contributed by atoms with Gasteiger partial charge in [-0.15, -0.1) is 0 Å². The molecule has 1 amide bonds. The second-order valence-corrected chi connectivity index (χ2v) is 5.12. The number of hydrogen-bond acceptors (Lipinski definition) is 2. The fourth-order valence-corrected chi connectivity index (χ4v) is 2.54. The molecule has 3 N–H and O–H groups in total. The lowest BCUT2D eigenvalue weighted by atomic mass is 10.2. The number of guanidine groups is 1. The Kier molecular flexibility index (Phi) is 4.05. The molecule has 3 rings (SSSR count). The largest absolute Gasteiger partial charge is 0.370 e. The van der Waals surface area contributed by atoms with Gasteiger partial charge in [-0.2, -0.15) is 0 Å². The smallest absolute Gasteiger partial charge is 0.248 e. The molecule has 0 bridgehead atoms. The molecule has 2 aromatic rings. The fraction of sp³-hybridized carbons (Fsp3) is 0.176. The van der Waals surface area contributed by atoms with E-state index >= 15 is 0 Å². The maximum absolute atomic E-state index is 12.3. The van der Waals surface area contributed by atoms with Gasteiger partial charge in [0.05, 0.1) is 0 Å². The van der Waals surface area contributed by atoms with E-state index in [-0.39, 0.29) is 18.4 Å². The lowest BCUT2D eigenvalue weighted by Gasteiger charge is -2.16. The summed E-state index contributed by atoms with van der Waals surface area (Å²) in [6, 6.07) is 17.5. The molecule has 0 spiro atoms. The minimum Gasteiger partial charge on any atom is -0.370 e. The molecular formula is C17H18N4O. The number of nitrogens with one attached hydrogen (secondary N) is 1. The van der Waals surface area contributed by atoms with Crippen molar-refractivity contribution in [3.63, 3.8) is 0 Å². The first-order valence-corrected chi connectivity index (χ1v) is 7.24. The molecule has 0 saturated heterocycles. The molecule has 2 aromatic carbocycles. The number of benzene rings is 2. The predicted octanol–water partition coefficient (Wildman–Crippen LogP) is 2.00. The lowest BCUT2D eigenvalue weighted by Crippen LogP contribution is -2.32. The summed E-state index contributed by atoms with van der Waals surface area (Å²) in [5.74, 6) is 0.204. The molecule has 0 fully saturated rings. The quantitative estimate of drug-likeness (QED) is 0.672. The molecule has 112 valence electrons. The average Bonchev–Trinajstić information content (AvgIpc) is 2.98. The van der Waals surface area contributed by atoms with Crippen LogP contribution in [0.4, 0.5) is 11.4 Å². The number of carbonyl (C=O) groups excluding carboxylic acids is 1. The van der Waals surface area contributed by atoms with Crippen LogP contribution in [-0.4, -0.2) is 25.0 Å². The molecule has 0 aromatic heterocycles. The Morgan fingerprint density at radius 2 is 1.86 bits per heavy atom. The summed E-state index contributed by atoms with van der Waals surface area (Å²) in [4.78, 5) is 18.2. The summed E-state index contributed by atoms with van der Waals surface area (Å²) in [7, 11) is 0. The van der Waals surface area contributed by atoms with E-state index in [0.717, 1.165) is 17.8 Å². The topological polar surface area (TPSA) is 70.7 Å². The molecule has 1 heterocycles. The number of para-hydroxylation sites is 2. The van der Waals surface area contributed by atoms with Gasteiger partial charge in [-0.3, -0.25) is 4.79 Å². The van der Waals surface area contributed by atoms with Gasteiger partial charge in [0.15, 0.2) is 5.96 Å². The number of nitrogens with two attached hydrogens (primary N) is 1. The van der Waals surface area contributed by atoms with Gasteiger partial charge in [0, 0.05) is 17.9 Å². The predicted molar refractivity (Wildman–Crippen MR) is 89.1 cm³/mol. The standard InChI is InChI=1S/C17H18N4O/c18-17(20-14-7-2-1-3-8-14)19-12-16(22)21-11-10-13-6-4-5-9-15(13)21/h1-9H,10-12H2,(H3,18,19,20). The summed E-state index contributed by atoms with van der Waals surface area (Å²) in [6.07, 6.45) is 0.892. The molecule has 0 radical (unpaired) electrons. The van der Waals surface area contributed by atoms with Gasteiger partial charge < -0.3 is 16.0 Å². The molecule has 0 aliphatic carbocycles. The van der Waals surface area contributed by atoms with E-state index < -0.39 is 0 Å². The third-order valence-corrected chi connectivity index (χ3v) is 3.62. The lowest BCUT2D eigenvalue weighted by molar-refractivity contribution is -0.117. The zero-order valence-corrected chi connectivity index (χ0v) is 12.2. The monoisotopic (exact) mass is 294 g/mol. The Morgan fingerprint density at radius 3 is 2.68 bits per heavy atom. The maximum Gasteiger partial charge on any atom is 0.248 e. The van der Waals surface area contributed by atoms with Crippen molar-refractivity contribution in [3.8, 4) is 0 Å². The highest BCUT2D eigenvalue weighted by atomic mass is 16.2.